The van der Waals surface area contributed by atoms with Crippen LogP contribution in [-0.4, -0.2) is 56.8 Å². The first kappa shape index (κ1) is 43.7. The first-order valence-electron chi connectivity index (χ1n) is 19.4. The summed E-state index contributed by atoms with van der Waals surface area (Å²) in [5, 5.41) is 4.58. The molecule has 0 aliphatic heterocycles. The van der Waals surface area contributed by atoms with Crippen LogP contribution in [-0.2, 0) is 49.7 Å². The van der Waals surface area contributed by atoms with Crippen LogP contribution in [0.15, 0.2) is 36.4 Å². The number of ether oxygens (including phenoxy) is 1. The zero-order chi connectivity index (χ0) is 39.3. The van der Waals surface area contributed by atoms with Gasteiger partial charge < -0.3 is 39.2 Å². The third kappa shape index (κ3) is 11.5. The molecule has 0 heterocycles. The Bertz CT molecular complexity index is 1610. The van der Waals surface area contributed by atoms with Crippen LogP contribution >= 0.6 is 15.2 Å². The second-order valence-corrected chi connectivity index (χ2v) is 18.5. The summed E-state index contributed by atoms with van der Waals surface area (Å²) in [5.74, 6) is -0.429. The topological polar surface area (TPSA) is 182 Å². The third-order valence-corrected chi connectivity index (χ3v) is 15.8. The molecule has 3 amide bonds. The molecule has 54 heavy (non-hydrogen) atoms. The van der Waals surface area contributed by atoms with Gasteiger partial charge in [0.15, 0.2) is 5.40 Å². The van der Waals surface area contributed by atoms with Crippen LogP contribution in [0.4, 0.5) is 0 Å². The fourth-order valence-electron chi connectivity index (χ4n) is 7.43. The predicted molar refractivity (Wildman–Crippen MR) is 208 cm³/mol. The zero-order valence-electron chi connectivity index (χ0n) is 32.4. The zero-order valence-corrected chi connectivity index (χ0v) is 34.2. The smallest absolute Gasteiger partial charge is 0.350 e. The fraction of sp³-hybridized carbons (Fsp3) is 0.615. The first-order valence-corrected chi connectivity index (χ1v) is 22.6. The monoisotopic (exact) mass is 791 g/mol. The Kier molecular flexibility index (Phi) is 16.8. The van der Waals surface area contributed by atoms with Gasteiger partial charge in [-0.1, -0.05) is 49.9 Å². The maximum atomic E-state index is 14.2. The van der Waals surface area contributed by atoms with E-state index in [9.17, 15) is 23.5 Å². The van der Waals surface area contributed by atoms with E-state index in [1.54, 1.807) is 58.0 Å². The summed E-state index contributed by atoms with van der Waals surface area (Å²) in [4.78, 5) is 39.0. The van der Waals surface area contributed by atoms with Crippen molar-refractivity contribution in [3.63, 3.8) is 0 Å². The number of hydrogen-bond donors (Lipinski definition) is 3. The molecule has 0 radical (unpaired) electrons. The highest BCUT2D eigenvalue weighted by Crippen LogP contribution is 2.78. The first-order chi connectivity index (χ1) is 25.9. The molecule has 1 saturated carbocycles. The molecule has 0 saturated heterocycles. The molecule has 0 aromatic heterocycles. The molecule has 0 spiro atoms. The number of aryl methyl sites for hydroxylation is 1. The van der Waals surface area contributed by atoms with Crippen LogP contribution in [0.5, 0.6) is 5.75 Å². The van der Waals surface area contributed by atoms with Crippen molar-refractivity contribution in [3.8, 4) is 5.75 Å². The molecule has 4 rings (SSSR count). The number of carbonyl (C=O) groups excluding carboxylic acids is 3. The van der Waals surface area contributed by atoms with Gasteiger partial charge in [0.25, 0.3) is 5.91 Å². The minimum atomic E-state index is -4.06. The second-order valence-electron chi connectivity index (χ2n) is 13.9. The number of rotatable bonds is 20. The fourth-order valence-corrected chi connectivity index (χ4v) is 12.8. The van der Waals surface area contributed by atoms with Gasteiger partial charge in [0.2, 0.25) is 11.8 Å². The lowest BCUT2D eigenvalue weighted by Gasteiger charge is -2.31. The van der Waals surface area contributed by atoms with E-state index in [0.717, 1.165) is 43.2 Å². The van der Waals surface area contributed by atoms with Gasteiger partial charge in [-0.05, 0) is 100 Å². The molecule has 2 aliphatic carbocycles. The minimum absolute atomic E-state index is 0.0439. The second kappa shape index (κ2) is 20.7. The van der Waals surface area contributed by atoms with Crippen molar-refractivity contribution in [1.29, 1.82) is 0 Å². The molecule has 300 valence electrons. The van der Waals surface area contributed by atoms with Crippen LogP contribution in [0.25, 0.3) is 0 Å². The molecule has 13 nitrogen and oxygen atoms in total. The number of nitrogens with two attached hydrogens (primary N) is 1. The molecule has 4 N–H and O–H groups in total. The summed E-state index contributed by atoms with van der Waals surface area (Å²) in [6.45, 7) is 8.73. The molecular weight excluding hydrogens is 732 g/mol. The number of benzene rings is 2. The normalized spacial score (nSPS) is 17.3. The van der Waals surface area contributed by atoms with E-state index in [0.29, 0.717) is 41.4 Å². The van der Waals surface area contributed by atoms with Gasteiger partial charge in [0, 0.05) is 13.3 Å². The molecule has 0 unspecified atom stereocenters. The van der Waals surface area contributed by atoms with Crippen molar-refractivity contribution in [3.05, 3.63) is 64.2 Å². The van der Waals surface area contributed by atoms with Gasteiger partial charge in [-0.2, -0.15) is 0 Å². The molecule has 2 aromatic rings. The summed E-state index contributed by atoms with van der Waals surface area (Å²) in [5.41, 5.74) is 8.99. The van der Waals surface area contributed by atoms with Crippen LogP contribution in [0.2, 0.25) is 0 Å². The van der Waals surface area contributed by atoms with Crippen molar-refractivity contribution in [2.24, 2.45) is 11.7 Å². The quantitative estimate of drug-likeness (QED) is 0.0881. The lowest BCUT2D eigenvalue weighted by Crippen LogP contribution is -2.48. The minimum Gasteiger partial charge on any atom is -0.492 e. The predicted octanol–water partition coefficient (Wildman–Crippen LogP) is 7.91. The highest BCUT2D eigenvalue weighted by molar-refractivity contribution is 7.72. The molecule has 2 aromatic carbocycles. The number of hydrogen-bond acceptors (Lipinski definition) is 10. The average Bonchev–Trinajstić information content (AvgIpc) is 3.32. The van der Waals surface area contributed by atoms with E-state index < -0.39 is 44.5 Å². The summed E-state index contributed by atoms with van der Waals surface area (Å²) in [6.07, 6.45) is 9.11. The summed E-state index contributed by atoms with van der Waals surface area (Å²) < 4.78 is 57.1. The van der Waals surface area contributed by atoms with E-state index in [4.69, 9.17) is 28.6 Å². The maximum absolute atomic E-state index is 14.2. The molecule has 2 aliphatic rings. The number of fused-ring (bicyclic) bond motifs is 1. The highest BCUT2D eigenvalue weighted by atomic mass is 31.2. The lowest BCUT2D eigenvalue weighted by molar-refractivity contribution is -0.128. The number of primary amides is 1. The Morgan fingerprint density at radius 1 is 0.815 bits per heavy atom. The van der Waals surface area contributed by atoms with Gasteiger partial charge in [0.05, 0.1) is 44.6 Å². The highest BCUT2D eigenvalue weighted by Gasteiger charge is 2.52. The van der Waals surface area contributed by atoms with Crippen molar-refractivity contribution in [2.45, 2.75) is 116 Å². The van der Waals surface area contributed by atoms with Crippen LogP contribution in [0.1, 0.15) is 130 Å². The summed E-state index contributed by atoms with van der Waals surface area (Å²) in [6, 6.07) is 9.01. The molecule has 0 bridgehead atoms. The van der Waals surface area contributed by atoms with Crippen molar-refractivity contribution in [1.82, 2.24) is 10.6 Å². The lowest BCUT2D eigenvalue weighted by atomic mass is 9.90. The van der Waals surface area contributed by atoms with Crippen molar-refractivity contribution < 1.29 is 46.3 Å². The number of nitrogens with one attached hydrogen (secondary N) is 2. The third-order valence-electron chi connectivity index (χ3n) is 9.83. The summed E-state index contributed by atoms with van der Waals surface area (Å²) >= 11 is 0. The van der Waals surface area contributed by atoms with Gasteiger partial charge in [-0.3, -0.25) is 23.5 Å². The van der Waals surface area contributed by atoms with Gasteiger partial charge >= 0.3 is 15.2 Å². The van der Waals surface area contributed by atoms with E-state index in [1.807, 2.05) is 6.07 Å². The van der Waals surface area contributed by atoms with Crippen LogP contribution in [0, 0.1) is 5.92 Å². The molecule has 1 fully saturated rings. The van der Waals surface area contributed by atoms with Gasteiger partial charge in [-0.25, -0.2) is 0 Å². The Balaban J connectivity index is 1.59. The standard InChI is InChI=1S/C39H59N3O10P2/c1-6-49-53(46,50-7-2)39(54(47,51-8-3)52-9-4)30-21-19-28(20-22-30)23-35(41-27(5)43)38(45)42-34-18-14-13-17-31-24-36(33(37(40)44)25-32(31)34)48-26-29-15-11-10-12-16-29/h19-22,24-25,29,34-35,39H,6-18,23,26H2,1-5H3,(H2,40,44)(H,41,43)(H,42,45)/t34-,35-/m0/s1. The van der Waals surface area contributed by atoms with Crippen molar-refractivity contribution >= 4 is 32.9 Å². The number of amides is 3. The Hall–Kier alpha value is -3.05. The van der Waals surface area contributed by atoms with E-state index in [-0.39, 0.29) is 38.8 Å². The van der Waals surface area contributed by atoms with Crippen LogP contribution < -0.4 is 21.1 Å². The van der Waals surface area contributed by atoms with E-state index in [1.165, 1.54) is 26.2 Å². The van der Waals surface area contributed by atoms with E-state index >= 15 is 0 Å². The average molecular weight is 792 g/mol. The molecular formula is C39H59N3O10P2. The Labute approximate surface area is 320 Å². The Morgan fingerprint density at radius 3 is 1.93 bits per heavy atom. The largest absolute Gasteiger partial charge is 0.492 e. The summed E-state index contributed by atoms with van der Waals surface area (Å²) in [7, 11) is -8.11. The van der Waals surface area contributed by atoms with E-state index in [2.05, 4.69) is 10.6 Å². The van der Waals surface area contributed by atoms with Gasteiger partial charge in [-0.15, -0.1) is 0 Å². The van der Waals surface area contributed by atoms with Crippen LogP contribution in [0.3, 0.4) is 0 Å². The Morgan fingerprint density at radius 2 is 1.39 bits per heavy atom. The van der Waals surface area contributed by atoms with Gasteiger partial charge in [0.1, 0.15) is 11.8 Å². The maximum Gasteiger partial charge on any atom is 0.350 e. The van der Waals surface area contributed by atoms with Crippen molar-refractivity contribution in [2.75, 3.05) is 33.0 Å². The molecule has 2 atom stereocenters. The SMILES string of the molecule is CCOP(=O)(OCC)C(c1ccc(C[C@H](NC(C)=O)C(=O)N[C@H]2CCCCc3cc(OCC4CCCCC4)c(C(N)=O)cc32)cc1)P(=O)(OCC)OCC. The molecule has 15 heteroatoms. The number of carbonyl (C=O) groups is 3.